The summed E-state index contributed by atoms with van der Waals surface area (Å²) in [5.74, 6) is 1.18. The van der Waals surface area contributed by atoms with Crippen molar-refractivity contribution in [2.75, 3.05) is 6.54 Å². The number of ether oxygens (including phenoxy) is 1. The topological polar surface area (TPSA) is 57.9 Å². The Morgan fingerprint density at radius 2 is 2.10 bits per heavy atom. The summed E-state index contributed by atoms with van der Waals surface area (Å²) in [5, 5.41) is 12.4. The van der Waals surface area contributed by atoms with E-state index in [1.54, 1.807) is 18.3 Å². The molecule has 1 heterocycles. The molecule has 0 radical (unpaired) electrons. The fourth-order valence-corrected chi connectivity index (χ4v) is 1.95. The molecule has 1 aromatic carbocycles. The van der Waals surface area contributed by atoms with Crippen molar-refractivity contribution in [1.29, 1.82) is 5.26 Å². The van der Waals surface area contributed by atoms with Gasteiger partial charge in [-0.25, -0.2) is 0 Å². The van der Waals surface area contributed by atoms with Crippen LogP contribution in [-0.4, -0.2) is 11.5 Å². The summed E-state index contributed by atoms with van der Waals surface area (Å²) < 4.78 is 5.71. The second-order valence-corrected chi connectivity index (χ2v) is 4.80. The molecule has 1 aromatic heterocycles. The summed E-state index contributed by atoms with van der Waals surface area (Å²) in [6.07, 6.45) is 2.78. The molecule has 0 bridgehead atoms. The van der Waals surface area contributed by atoms with E-state index >= 15 is 0 Å². The summed E-state index contributed by atoms with van der Waals surface area (Å²) >= 11 is 0. The molecular weight excluding hydrogens is 262 g/mol. The first-order valence-electron chi connectivity index (χ1n) is 7.11. The van der Waals surface area contributed by atoms with E-state index in [1.807, 2.05) is 24.3 Å². The maximum absolute atomic E-state index is 9.04. The predicted molar refractivity (Wildman–Crippen MR) is 82.2 cm³/mol. The van der Waals surface area contributed by atoms with Crippen molar-refractivity contribution in [3.63, 3.8) is 0 Å². The number of nitriles is 1. The highest BCUT2D eigenvalue weighted by atomic mass is 16.5. The lowest BCUT2D eigenvalue weighted by atomic mass is 10.2. The van der Waals surface area contributed by atoms with E-state index in [1.165, 1.54) is 0 Å². The molecule has 4 nitrogen and oxygen atoms in total. The molecule has 1 atom stereocenters. The second kappa shape index (κ2) is 7.41. The molecule has 1 N–H and O–H groups in total. The molecule has 0 fully saturated rings. The molecule has 0 aliphatic rings. The third-order valence-corrected chi connectivity index (χ3v) is 3.14. The average molecular weight is 281 g/mol. The van der Waals surface area contributed by atoms with Crippen molar-refractivity contribution in [2.24, 2.45) is 0 Å². The van der Waals surface area contributed by atoms with E-state index in [9.17, 15) is 0 Å². The van der Waals surface area contributed by atoms with Crippen LogP contribution in [0.2, 0.25) is 0 Å². The van der Waals surface area contributed by atoms with Crippen LogP contribution in [0, 0.1) is 11.3 Å². The maximum atomic E-state index is 9.04. The number of nitrogens with one attached hydrogen (secondary N) is 1. The highest BCUT2D eigenvalue weighted by Crippen LogP contribution is 2.24. The van der Waals surface area contributed by atoms with Gasteiger partial charge >= 0.3 is 0 Å². The van der Waals surface area contributed by atoms with Crippen molar-refractivity contribution in [1.82, 2.24) is 10.3 Å². The SMILES string of the molecule is CCCNC(C)c1ccc(Oc2ccccc2C#N)cn1. The van der Waals surface area contributed by atoms with Gasteiger partial charge < -0.3 is 10.1 Å². The van der Waals surface area contributed by atoms with Gasteiger partial charge in [0.2, 0.25) is 0 Å². The summed E-state index contributed by atoms with van der Waals surface area (Å²) in [6.45, 7) is 5.19. The van der Waals surface area contributed by atoms with Crippen LogP contribution in [0.25, 0.3) is 0 Å². The van der Waals surface area contributed by atoms with Gasteiger partial charge in [-0.3, -0.25) is 4.98 Å². The van der Waals surface area contributed by atoms with Gasteiger partial charge in [-0.1, -0.05) is 19.1 Å². The van der Waals surface area contributed by atoms with Crippen LogP contribution >= 0.6 is 0 Å². The molecule has 0 aliphatic carbocycles. The monoisotopic (exact) mass is 281 g/mol. The largest absolute Gasteiger partial charge is 0.454 e. The Bertz CT molecular complexity index is 617. The van der Waals surface area contributed by atoms with E-state index in [0.29, 0.717) is 17.1 Å². The minimum Gasteiger partial charge on any atom is -0.454 e. The van der Waals surface area contributed by atoms with E-state index in [0.717, 1.165) is 18.7 Å². The number of pyridine rings is 1. The smallest absolute Gasteiger partial charge is 0.145 e. The molecule has 108 valence electrons. The van der Waals surface area contributed by atoms with Gasteiger partial charge in [0.05, 0.1) is 17.5 Å². The number of para-hydroxylation sites is 1. The summed E-state index contributed by atoms with van der Waals surface area (Å²) in [4.78, 5) is 4.41. The van der Waals surface area contributed by atoms with Crippen LogP contribution < -0.4 is 10.1 Å². The van der Waals surface area contributed by atoms with Gasteiger partial charge in [0.25, 0.3) is 0 Å². The van der Waals surface area contributed by atoms with Gasteiger partial charge in [0.1, 0.15) is 17.6 Å². The number of rotatable bonds is 6. The molecule has 0 saturated carbocycles. The van der Waals surface area contributed by atoms with Gasteiger partial charge in [-0.05, 0) is 44.2 Å². The second-order valence-electron chi connectivity index (χ2n) is 4.80. The van der Waals surface area contributed by atoms with E-state index in [-0.39, 0.29) is 6.04 Å². The third kappa shape index (κ3) is 4.04. The van der Waals surface area contributed by atoms with Crippen LogP contribution in [0.15, 0.2) is 42.6 Å². The lowest BCUT2D eigenvalue weighted by Crippen LogP contribution is -2.20. The van der Waals surface area contributed by atoms with Gasteiger partial charge in [-0.2, -0.15) is 5.26 Å². The standard InChI is InChI=1S/C17H19N3O/c1-3-10-19-13(2)16-9-8-15(12-20-16)21-17-7-5-4-6-14(17)11-18/h4-9,12-13,19H,3,10H2,1-2H3. The Morgan fingerprint density at radius 1 is 1.29 bits per heavy atom. The van der Waals surface area contributed by atoms with E-state index in [4.69, 9.17) is 10.00 Å². The molecule has 4 heteroatoms. The Balaban J connectivity index is 2.07. The van der Waals surface area contributed by atoms with Gasteiger partial charge in [-0.15, -0.1) is 0 Å². The van der Waals surface area contributed by atoms with Gasteiger partial charge in [0.15, 0.2) is 0 Å². The molecule has 0 amide bonds. The zero-order chi connectivity index (χ0) is 15.1. The average Bonchev–Trinajstić information content (AvgIpc) is 2.54. The number of nitrogens with zero attached hydrogens (tertiary/aromatic N) is 2. The molecule has 0 aliphatic heterocycles. The maximum Gasteiger partial charge on any atom is 0.145 e. The molecule has 21 heavy (non-hydrogen) atoms. The van der Waals surface area contributed by atoms with Crippen molar-refractivity contribution in [2.45, 2.75) is 26.3 Å². The quantitative estimate of drug-likeness (QED) is 0.874. The van der Waals surface area contributed by atoms with Crippen LogP contribution in [-0.2, 0) is 0 Å². The molecule has 1 unspecified atom stereocenters. The van der Waals surface area contributed by atoms with Crippen LogP contribution in [0.3, 0.4) is 0 Å². The highest BCUT2D eigenvalue weighted by molar-refractivity contribution is 5.44. The number of benzene rings is 1. The Morgan fingerprint density at radius 3 is 2.76 bits per heavy atom. The van der Waals surface area contributed by atoms with E-state index < -0.39 is 0 Å². The minimum atomic E-state index is 0.213. The Kier molecular flexibility index (Phi) is 5.30. The first-order valence-corrected chi connectivity index (χ1v) is 7.11. The predicted octanol–water partition coefficient (Wildman–Crippen LogP) is 3.81. The summed E-state index contributed by atoms with van der Waals surface area (Å²) in [7, 11) is 0. The first-order chi connectivity index (χ1) is 10.2. The lowest BCUT2D eigenvalue weighted by Gasteiger charge is -2.13. The van der Waals surface area contributed by atoms with Gasteiger partial charge in [0, 0.05) is 6.04 Å². The summed E-state index contributed by atoms with van der Waals surface area (Å²) in [5.41, 5.74) is 1.49. The minimum absolute atomic E-state index is 0.213. The molecule has 2 aromatic rings. The van der Waals surface area contributed by atoms with E-state index in [2.05, 4.69) is 30.2 Å². The molecular formula is C17H19N3O. The number of aromatic nitrogens is 1. The third-order valence-electron chi connectivity index (χ3n) is 3.14. The van der Waals surface area contributed by atoms with Crippen molar-refractivity contribution >= 4 is 0 Å². The Hall–Kier alpha value is -2.38. The number of hydrogen-bond acceptors (Lipinski definition) is 4. The van der Waals surface area contributed by atoms with Crippen molar-refractivity contribution < 1.29 is 4.74 Å². The Labute approximate surface area is 125 Å². The fourth-order valence-electron chi connectivity index (χ4n) is 1.95. The first kappa shape index (κ1) is 15.0. The van der Waals surface area contributed by atoms with Crippen LogP contribution in [0.4, 0.5) is 0 Å². The van der Waals surface area contributed by atoms with Crippen LogP contribution in [0.5, 0.6) is 11.5 Å². The molecule has 2 rings (SSSR count). The summed E-state index contributed by atoms with van der Waals surface area (Å²) in [6, 6.07) is 13.3. The molecule has 0 spiro atoms. The number of hydrogen-bond donors (Lipinski definition) is 1. The molecule has 0 saturated heterocycles. The highest BCUT2D eigenvalue weighted by Gasteiger charge is 2.07. The van der Waals surface area contributed by atoms with Crippen molar-refractivity contribution in [3.05, 3.63) is 53.9 Å². The van der Waals surface area contributed by atoms with Crippen molar-refractivity contribution in [3.8, 4) is 17.6 Å². The lowest BCUT2D eigenvalue weighted by molar-refractivity contribution is 0.476. The zero-order valence-electron chi connectivity index (χ0n) is 12.3. The normalized spacial score (nSPS) is 11.7. The zero-order valence-corrected chi connectivity index (χ0v) is 12.3. The van der Waals surface area contributed by atoms with Crippen LogP contribution in [0.1, 0.15) is 37.6 Å². The fraction of sp³-hybridized carbons (Fsp3) is 0.294.